The van der Waals surface area contributed by atoms with Crippen LogP contribution < -0.4 is 16.4 Å². The van der Waals surface area contributed by atoms with E-state index in [2.05, 4.69) is 10.6 Å². The topological polar surface area (TPSA) is 231 Å². The van der Waals surface area contributed by atoms with E-state index >= 15 is 0 Å². The summed E-state index contributed by atoms with van der Waals surface area (Å²) in [5.74, 6) is -7.24. The molecule has 3 aromatic carbocycles. The number of amides is 2. The quantitative estimate of drug-likeness (QED) is 0.0320. The number of rotatable bonds is 24. The van der Waals surface area contributed by atoms with Gasteiger partial charge in [0.25, 0.3) is 0 Å². The van der Waals surface area contributed by atoms with Crippen LogP contribution in [0.25, 0.3) is 0 Å². The van der Waals surface area contributed by atoms with E-state index in [0.29, 0.717) is 35.5 Å². The molecule has 310 valence electrons. The van der Waals surface area contributed by atoms with Crippen LogP contribution in [0.15, 0.2) is 91.0 Å². The van der Waals surface area contributed by atoms with Crippen molar-refractivity contribution in [3.8, 4) is 11.8 Å². The van der Waals surface area contributed by atoms with Gasteiger partial charge in [0.1, 0.15) is 18.6 Å². The second-order valence-electron chi connectivity index (χ2n) is 14.1. The summed E-state index contributed by atoms with van der Waals surface area (Å²) < 4.78 is 6.30. The van der Waals surface area contributed by atoms with E-state index in [1.54, 1.807) is 54.6 Å². The van der Waals surface area contributed by atoms with Gasteiger partial charge in [-0.1, -0.05) is 96.9 Å². The second kappa shape index (κ2) is 22.8. The summed E-state index contributed by atoms with van der Waals surface area (Å²) in [6, 6.07) is 23.7. The fourth-order valence-corrected chi connectivity index (χ4v) is 6.92. The van der Waals surface area contributed by atoms with Gasteiger partial charge in [-0.2, -0.15) is 0 Å². The van der Waals surface area contributed by atoms with Gasteiger partial charge in [0, 0.05) is 35.2 Å². The van der Waals surface area contributed by atoms with Gasteiger partial charge in [0.05, 0.1) is 12.0 Å². The zero-order valence-electron chi connectivity index (χ0n) is 32.1. The van der Waals surface area contributed by atoms with E-state index in [1.807, 2.05) is 30.3 Å². The minimum atomic E-state index is -1.47. The number of carboxylic acid groups (broad SMARTS) is 2. The number of ketones is 1. The molecule has 0 saturated heterocycles. The Labute approximate surface area is 342 Å². The molecule has 0 spiro atoms. The van der Waals surface area contributed by atoms with E-state index in [-0.39, 0.29) is 64.0 Å². The number of Topliss-reactive ketones (excluding diaryl/α,β-unsaturated/α-hetero) is 1. The lowest BCUT2D eigenvalue weighted by Gasteiger charge is -2.24. The average Bonchev–Trinajstić information content (AvgIpc) is 3.48. The predicted molar refractivity (Wildman–Crippen MR) is 216 cm³/mol. The van der Waals surface area contributed by atoms with Gasteiger partial charge in [-0.25, -0.2) is 4.79 Å². The number of unbranched alkanes of at least 4 members (excludes halogenated alkanes) is 2. The normalized spacial score (nSPS) is 13.1. The van der Waals surface area contributed by atoms with Crippen molar-refractivity contribution >= 4 is 41.3 Å². The third-order valence-corrected chi connectivity index (χ3v) is 10.2. The maximum atomic E-state index is 13.9. The summed E-state index contributed by atoms with van der Waals surface area (Å²) >= 11 is 6.14. The fourth-order valence-electron chi connectivity index (χ4n) is 6.73. The zero-order chi connectivity index (χ0) is 42.0. The number of aliphatic carboxylic acids is 2. The summed E-state index contributed by atoms with van der Waals surface area (Å²) in [5.41, 5.74) is 8.08. The van der Waals surface area contributed by atoms with Crippen molar-refractivity contribution in [2.24, 2.45) is 17.6 Å². The molecule has 58 heavy (non-hydrogen) atoms. The van der Waals surface area contributed by atoms with Gasteiger partial charge >= 0.3 is 18.0 Å². The second-order valence-corrected chi connectivity index (χ2v) is 14.5. The molecule has 4 aromatic rings. The highest BCUT2D eigenvalue weighted by Crippen LogP contribution is 2.36. The number of nitrogens with one attached hydrogen (secondary N) is 2. The lowest BCUT2D eigenvalue weighted by molar-refractivity contribution is -0.147. The molecule has 4 rings (SSSR count). The molecule has 0 aliphatic heterocycles. The molecule has 0 fully saturated rings. The summed E-state index contributed by atoms with van der Waals surface area (Å²) in [7, 11) is 0. The van der Waals surface area contributed by atoms with Gasteiger partial charge in [-0.05, 0) is 68.7 Å². The SMILES string of the molecule is NCCCC[C@H](NC(=O)OCc1ccccc1Cl)C(=O)C(CCCCNC(=O)[C@H](CC(Cc1ccccc1)C(=O)O)n1c(O)cc(Cc2ccccc2)c1O)C(=O)O. The van der Waals surface area contributed by atoms with Crippen molar-refractivity contribution in [3.05, 3.63) is 118 Å². The molecule has 2 amide bonds. The van der Waals surface area contributed by atoms with Crippen LogP contribution in [0.5, 0.6) is 11.8 Å². The highest BCUT2D eigenvalue weighted by Gasteiger charge is 2.34. The Hall–Kier alpha value is -5.86. The van der Waals surface area contributed by atoms with Gasteiger partial charge in [-0.3, -0.25) is 23.7 Å². The number of ether oxygens (including phenoxy) is 1. The van der Waals surface area contributed by atoms with Crippen LogP contribution in [0.3, 0.4) is 0 Å². The van der Waals surface area contributed by atoms with Crippen LogP contribution in [-0.4, -0.2) is 73.8 Å². The maximum absolute atomic E-state index is 13.9. The predicted octanol–water partition coefficient (Wildman–Crippen LogP) is 6.00. The first-order chi connectivity index (χ1) is 27.9. The van der Waals surface area contributed by atoms with Crippen LogP contribution in [0, 0.1) is 11.8 Å². The third-order valence-electron chi connectivity index (χ3n) is 9.86. The molecule has 0 saturated carbocycles. The van der Waals surface area contributed by atoms with Crippen LogP contribution in [0.4, 0.5) is 4.79 Å². The van der Waals surface area contributed by atoms with Crippen LogP contribution >= 0.6 is 11.6 Å². The molecule has 8 N–H and O–H groups in total. The van der Waals surface area contributed by atoms with Gasteiger partial charge in [-0.15, -0.1) is 0 Å². The van der Waals surface area contributed by atoms with Crippen molar-refractivity contribution in [2.45, 2.75) is 76.5 Å². The summed E-state index contributed by atoms with van der Waals surface area (Å²) in [6.45, 7) is 0.195. The number of aromatic hydroxyl groups is 2. The largest absolute Gasteiger partial charge is 0.494 e. The Kier molecular flexibility index (Phi) is 17.6. The summed E-state index contributed by atoms with van der Waals surface area (Å²) in [5, 5.41) is 48.2. The molecule has 15 heteroatoms. The Bertz CT molecular complexity index is 1970. The number of halogens is 1. The number of carbonyl (C=O) groups excluding carboxylic acids is 3. The fraction of sp³-hybridized carbons (Fsp3) is 0.372. The number of alkyl carbamates (subject to hydrolysis) is 1. The van der Waals surface area contributed by atoms with Gasteiger partial charge in [0.2, 0.25) is 5.91 Å². The number of carbonyl (C=O) groups is 5. The highest BCUT2D eigenvalue weighted by atomic mass is 35.5. The number of carboxylic acids is 2. The lowest BCUT2D eigenvalue weighted by Crippen LogP contribution is -2.45. The first-order valence-corrected chi connectivity index (χ1v) is 19.6. The minimum absolute atomic E-state index is 0.0124. The van der Waals surface area contributed by atoms with E-state index in [9.17, 15) is 44.4 Å². The van der Waals surface area contributed by atoms with Gasteiger partial charge < -0.3 is 41.5 Å². The molecule has 4 atom stereocenters. The average molecular weight is 819 g/mol. The lowest BCUT2D eigenvalue weighted by atomic mass is 9.90. The molecule has 0 aliphatic rings. The molecule has 1 heterocycles. The first kappa shape index (κ1) is 44.8. The smallest absolute Gasteiger partial charge is 0.408 e. The van der Waals surface area contributed by atoms with Crippen molar-refractivity contribution in [3.63, 3.8) is 0 Å². The Balaban J connectivity index is 1.43. The van der Waals surface area contributed by atoms with E-state index in [0.717, 1.165) is 15.7 Å². The van der Waals surface area contributed by atoms with Crippen molar-refractivity contribution < 1.29 is 49.1 Å². The third kappa shape index (κ3) is 13.4. The number of aromatic nitrogens is 1. The number of hydrogen-bond donors (Lipinski definition) is 7. The van der Waals surface area contributed by atoms with Gasteiger partial charge in [0.15, 0.2) is 17.5 Å². The Morgan fingerprint density at radius 1 is 0.776 bits per heavy atom. The van der Waals surface area contributed by atoms with Crippen LogP contribution in [-0.2, 0) is 43.4 Å². The molecular weight excluding hydrogens is 768 g/mol. The van der Waals surface area contributed by atoms with E-state index in [1.165, 1.54) is 6.07 Å². The Morgan fingerprint density at radius 2 is 1.41 bits per heavy atom. The van der Waals surface area contributed by atoms with Crippen molar-refractivity contribution in [1.29, 1.82) is 0 Å². The van der Waals surface area contributed by atoms with Crippen LogP contribution in [0.1, 0.15) is 73.2 Å². The number of benzene rings is 3. The molecule has 0 bridgehead atoms. The molecule has 0 aliphatic carbocycles. The molecule has 0 radical (unpaired) electrons. The van der Waals surface area contributed by atoms with Crippen molar-refractivity contribution in [1.82, 2.24) is 15.2 Å². The summed E-state index contributed by atoms with van der Waals surface area (Å²) in [4.78, 5) is 64.9. The minimum Gasteiger partial charge on any atom is -0.494 e. The standard InChI is InChI=1S/C43H51ClN4O10/c44-34-19-8-7-17-30(34)27-58-43(57)47-35(20-9-11-21-45)38(50)33(42(55)56)18-10-12-22-46-39(51)36(25-32(41(53)54)24-29-15-5-2-6-16-29)48-37(49)26-31(40(48)52)23-28-13-3-1-4-14-28/h1-8,13-17,19,26,32-33,35-36,49,52H,9-12,18,20-25,27,45H2,(H,46,51)(H,47,57)(H,53,54)(H,55,56)/t32?,33?,35-,36-/m0/s1. The first-order valence-electron chi connectivity index (χ1n) is 19.2. The van der Waals surface area contributed by atoms with E-state index < -0.39 is 59.5 Å². The number of nitrogens with zero attached hydrogens (tertiary/aromatic N) is 1. The molecule has 1 aromatic heterocycles. The van der Waals surface area contributed by atoms with E-state index in [4.69, 9.17) is 22.1 Å². The molecule has 2 unspecified atom stereocenters. The van der Waals surface area contributed by atoms with Crippen LogP contribution in [0.2, 0.25) is 5.02 Å². The highest BCUT2D eigenvalue weighted by molar-refractivity contribution is 6.31. The summed E-state index contributed by atoms with van der Waals surface area (Å²) in [6.07, 6.45) is 0.610. The maximum Gasteiger partial charge on any atom is 0.408 e. The molecular formula is C43H51ClN4O10. The number of nitrogens with two attached hydrogens (primary N) is 1. The Morgan fingerprint density at radius 3 is 2.05 bits per heavy atom. The zero-order valence-corrected chi connectivity index (χ0v) is 32.9. The molecule has 14 nitrogen and oxygen atoms in total. The van der Waals surface area contributed by atoms with Crippen molar-refractivity contribution in [2.75, 3.05) is 13.1 Å². The monoisotopic (exact) mass is 818 g/mol. The number of hydrogen-bond acceptors (Lipinski definition) is 9.